The molecule has 2 N–H and O–H groups in total. The van der Waals surface area contributed by atoms with Crippen molar-refractivity contribution < 1.29 is 9.84 Å². The molecule has 1 fully saturated rings. The Bertz CT molecular complexity index is 547. The first kappa shape index (κ1) is 14.6. The third-order valence-electron chi connectivity index (χ3n) is 4.25. The molecule has 1 aliphatic carbocycles. The molecule has 1 atom stereocenters. The Balaban J connectivity index is 1.43. The molecule has 3 rings (SSSR count). The number of methoxy groups -OCH3 is 1. The summed E-state index contributed by atoms with van der Waals surface area (Å²) in [4.78, 5) is 0. The first-order valence-corrected chi connectivity index (χ1v) is 8.28. The summed E-state index contributed by atoms with van der Waals surface area (Å²) in [5.41, 5.74) is 2.39. The number of aliphatic hydroxyl groups is 1. The summed E-state index contributed by atoms with van der Waals surface area (Å²) >= 11 is 1.62. The van der Waals surface area contributed by atoms with Gasteiger partial charge in [-0.15, -0.1) is 0 Å². The van der Waals surface area contributed by atoms with Gasteiger partial charge in [-0.25, -0.2) is 0 Å². The van der Waals surface area contributed by atoms with Gasteiger partial charge >= 0.3 is 0 Å². The van der Waals surface area contributed by atoms with E-state index in [0.29, 0.717) is 18.5 Å². The standard InChI is InChI=1S/C17H21NO2S/c1-20-16-4-2-12(3-5-16)14-8-15(9-14)18-10-17(19)13-6-7-21-11-13/h2-7,11,14-15,17-19H,8-10H2,1H3. The second-order valence-corrected chi connectivity index (χ2v) is 6.40. The maximum absolute atomic E-state index is 10.0. The number of benzene rings is 1. The average Bonchev–Trinajstić information content (AvgIpc) is 3.00. The Labute approximate surface area is 129 Å². The van der Waals surface area contributed by atoms with Gasteiger partial charge in [-0.3, -0.25) is 0 Å². The Kier molecular flexibility index (Phi) is 4.58. The van der Waals surface area contributed by atoms with E-state index in [0.717, 1.165) is 24.2 Å². The zero-order chi connectivity index (χ0) is 14.7. The number of rotatable bonds is 6. The molecule has 0 saturated heterocycles. The topological polar surface area (TPSA) is 41.5 Å². The van der Waals surface area contributed by atoms with E-state index in [1.807, 2.05) is 29.0 Å². The highest BCUT2D eigenvalue weighted by molar-refractivity contribution is 7.07. The molecule has 0 spiro atoms. The number of hydrogen-bond donors (Lipinski definition) is 2. The smallest absolute Gasteiger partial charge is 0.118 e. The molecule has 1 saturated carbocycles. The van der Waals surface area contributed by atoms with Crippen molar-refractivity contribution in [2.45, 2.75) is 30.9 Å². The van der Waals surface area contributed by atoms with Crippen LogP contribution in [0.4, 0.5) is 0 Å². The summed E-state index contributed by atoms with van der Waals surface area (Å²) in [6.07, 6.45) is 1.89. The molecule has 0 amide bonds. The van der Waals surface area contributed by atoms with Crippen molar-refractivity contribution in [2.24, 2.45) is 0 Å². The highest BCUT2D eigenvalue weighted by Gasteiger charge is 2.30. The molecule has 1 unspecified atom stereocenters. The van der Waals surface area contributed by atoms with Crippen LogP contribution in [0.15, 0.2) is 41.1 Å². The maximum atomic E-state index is 10.0. The summed E-state index contributed by atoms with van der Waals surface area (Å²) in [5, 5.41) is 17.5. The van der Waals surface area contributed by atoms with Crippen LogP contribution >= 0.6 is 11.3 Å². The Morgan fingerprint density at radius 1 is 1.29 bits per heavy atom. The Morgan fingerprint density at radius 2 is 2.05 bits per heavy atom. The van der Waals surface area contributed by atoms with Crippen molar-refractivity contribution >= 4 is 11.3 Å². The van der Waals surface area contributed by atoms with E-state index in [4.69, 9.17) is 4.74 Å². The van der Waals surface area contributed by atoms with Crippen LogP contribution in [0, 0.1) is 0 Å². The molecule has 21 heavy (non-hydrogen) atoms. The Morgan fingerprint density at radius 3 is 2.67 bits per heavy atom. The van der Waals surface area contributed by atoms with Gasteiger partial charge in [0.25, 0.3) is 0 Å². The molecule has 112 valence electrons. The number of ether oxygens (including phenoxy) is 1. The maximum Gasteiger partial charge on any atom is 0.118 e. The SMILES string of the molecule is COc1ccc(C2CC(NCC(O)c3ccsc3)C2)cc1. The summed E-state index contributed by atoms with van der Waals surface area (Å²) in [7, 11) is 1.69. The molecule has 1 aliphatic rings. The fourth-order valence-electron chi connectivity index (χ4n) is 2.79. The number of nitrogens with one attached hydrogen (secondary N) is 1. The van der Waals surface area contributed by atoms with Gasteiger partial charge in [-0.2, -0.15) is 11.3 Å². The van der Waals surface area contributed by atoms with Crippen LogP contribution in [0.2, 0.25) is 0 Å². The molecule has 2 aromatic rings. The Hall–Kier alpha value is -1.36. The fraction of sp³-hybridized carbons (Fsp3) is 0.412. The lowest BCUT2D eigenvalue weighted by molar-refractivity contribution is 0.157. The monoisotopic (exact) mass is 303 g/mol. The predicted octanol–water partition coefficient (Wildman–Crippen LogP) is 3.33. The van der Waals surface area contributed by atoms with Crippen molar-refractivity contribution in [3.05, 3.63) is 52.2 Å². The number of aliphatic hydroxyl groups excluding tert-OH is 1. The van der Waals surface area contributed by atoms with Crippen molar-refractivity contribution in [1.29, 1.82) is 0 Å². The molecule has 3 nitrogen and oxygen atoms in total. The number of hydrogen-bond acceptors (Lipinski definition) is 4. The summed E-state index contributed by atoms with van der Waals surface area (Å²) < 4.78 is 5.18. The highest BCUT2D eigenvalue weighted by Crippen LogP contribution is 2.37. The molecule has 0 aliphatic heterocycles. The summed E-state index contributed by atoms with van der Waals surface area (Å²) in [6.45, 7) is 0.636. The van der Waals surface area contributed by atoms with E-state index >= 15 is 0 Å². The van der Waals surface area contributed by atoms with Crippen molar-refractivity contribution in [2.75, 3.05) is 13.7 Å². The van der Waals surface area contributed by atoms with Crippen molar-refractivity contribution in [3.63, 3.8) is 0 Å². The van der Waals surface area contributed by atoms with E-state index in [9.17, 15) is 5.11 Å². The minimum Gasteiger partial charge on any atom is -0.497 e. The van der Waals surface area contributed by atoms with Crippen LogP contribution < -0.4 is 10.1 Å². The van der Waals surface area contributed by atoms with Gasteiger partial charge in [-0.05, 0) is 58.8 Å². The van der Waals surface area contributed by atoms with E-state index in [1.54, 1.807) is 18.4 Å². The van der Waals surface area contributed by atoms with E-state index in [2.05, 4.69) is 17.4 Å². The summed E-state index contributed by atoms with van der Waals surface area (Å²) in [6, 6.07) is 10.9. The largest absolute Gasteiger partial charge is 0.497 e. The van der Waals surface area contributed by atoms with Crippen LogP contribution in [0.25, 0.3) is 0 Å². The highest BCUT2D eigenvalue weighted by atomic mass is 32.1. The van der Waals surface area contributed by atoms with Crippen LogP contribution in [-0.4, -0.2) is 24.8 Å². The van der Waals surface area contributed by atoms with Gasteiger partial charge in [0.1, 0.15) is 5.75 Å². The van der Waals surface area contributed by atoms with Gasteiger partial charge < -0.3 is 15.2 Å². The van der Waals surface area contributed by atoms with Gasteiger partial charge in [-0.1, -0.05) is 12.1 Å². The molecule has 1 aromatic heterocycles. The predicted molar refractivity (Wildman–Crippen MR) is 86.0 cm³/mol. The van der Waals surface area contributed by atoms with E-state index < -0.39 is 6.10 Å². The van der Waals surface area contributed by atoms with Gasteiger partial charge in [0, 0.05) is 12.6 Å². The number of thiophene rings is 1. The quantitative estimate of drug-likeness (QED) is 0.860. The van der Waals surface area contributed by atoms with Crippen LogP contribution in [-0.2, 0) is 0 Å². The second kappa shape index (κ2) is 6.60. The van der Waals surface area contributed by atoms with Crippen LogP contribution in [0.5, 0.6) is 5.75 Å². The molecule has 1 aromatic carbocycles. The lowest BCUT2D eigenvalue weighted by Crippen LogP contribution is -2.41. The zero-order valence-electron chi connectivity index (χ0n) is 12.2. The fourth-order valence-corrected chi connectivity index (χ4v) is 3.50. The molecular formula is C17H21NO2S. The second-order valence-electron chi connectivity index (χ2n) is 5.62. The summed E-state index contributed by atoms with van der Waals surface area (Å²) in [5.74, 6) is 1.54. The third kappa shape index (κ3) is 3.46. The minimum atomic E-state index is -0.392. The molecule has 4 heteroatoms. The van der Waals surface area contributed by atoms with Gasteiger partial charge in [0.05, 0.1) is 13.2 Å². The minimum absolute atomic E-state index is 0.392. The lowest BCUT2D eigenvalue weighted by Gasteiger charge is -2.37. The first-order chi connectivity index (χ1) is 10.3. The van der Waals surface area contributed by atoms with Crippen LogP contribution in [0.3, 0.4) is 0 Å². The van der Waals surface area contributed by atoms with Crippen molar-refractivity contribution in [3.8, 4) is 5.75 Å². The van der Waals surface area contributed by atoms with Crippen LogP contribution in [0.1, 0.15) is 36.0 Å². The molecule has 0 bridgehead atoms. The lowest BCUT2D eigenvalue weighted by atomic mass is 9.76. The van der Waals surface area contributed by atoms with E-state index in [-0.39, 0.29) is 0 Å². The average molecular weight is 303 g/mol. The zero-order valence-corrected chi connectivity index (χ0v) is 13.0. The van der Waals surface area contributed by atoms with Crippen molar-refractivity contribution in [1.82, 2.24) is 5.32 Å². The molecule has 0 radical (unpaired) electrons. The molecular weight excluding hydrogens is 282 g/mol. The third-order valence-corrected chi connectivity index (χ3v) is 4.95. The van der Waals surface area contributed by atoms with Gasteiger partial charge in [0.15, 0.2) is 0 Å². The molecule has 1 heterocycles. The first-order valence-electron chi connectivity index (χ1n) is 7.33. The van der Waals surface area contributed by atoms with Gasteiger partial charge in [0.2, 0.25) is 0 Å². The normalized spacial score (nSPS) is 22.6. The van der Waals surface area contributed by atoms with E-state index in [1.165, 1.54) is 5.56 Å².